The SMILES string of the molecule is C=CC[C@H]1O[C@H](COCc2ccccc2)[C@@H](OCc2ccccc2)[C@H](OCc2ccccc2)[C@H]1NC(C)=O. The fourth-order valence-electron chi connectivity index (χ4n) is 4.73. The predicted octanol–water partition coefficient (Wildman–Crippen LogP) is 5.22. The van der Waals surface area contributed by atoms with Crippen molar-refractivity contribution in [2.45, 2.75) is 63.6 Å². The number of ether oxygens (including phenoxy) is 4. The quantitative estimate of drug-likeness (QED) is 0.316. The second-order valence-electron chi connectivity index (χ2n) is 9.49. The summed E-state index contributed by atoms with van der Waals surface area (Å²) in [6, 6.07) is 29.6. The number of benzene rings is 3. The molecule has 1 heterocycles. The van der Waals surface area contributed by atoms with Crippen molar-refractivity contribution in [1.82, 2.24) is 5.32 Å². The third-order valence-electron chi connectivity index (χ3n) is 6.53. The van der Waals surface area contributed by atoms with Crippen LogP contribution >= 0.6 is 0 Å². The van der Waals surface area contributed by atoms with Crippen LogP contribution in [-0.2, 0) is 43.6 Å². The first kappa shape index (κ1) is 27.7. The molecule has 5 atom stereocenters. The summed E-state index contributed by atoms with van der Waals surface area (Å²) in [5.74, 6) is -0.151. The molecule has 1 aliphatic heterocycles. The Kier molecular flexibility index (Phi) is 10.7. The number of hydrogen-bond donors (Lipinski definition) is 1. The van der Waals surface area contributed by atoms with Crippen molar-refractivity contribution in [3.05, 3.63) is 120 Å². The van der Waals surface area contributed by atoms with Crippen molar-refractivity contribution in [2.75, 3.05) is 6.61 Å². The first-order chi connectivity index (χ1) is 18.6. The Hall–Kier alpha value is -3.29. The lowest BCUT2D eigenvalue weighted by molar-refractivity contribution is -0.231. The second kappa shape index (κ2) is 14.6. The number of hydrogen-bond acceptors (Lipinski definition) is 5. The van der Waals surface area contributed by atoms with Crippen molar-refractivity contribution in [3.8, 4) is 0 Å². The van der Waals surface area contributed by atoms with Gasteiger partial charge in [-0.1, -0.05) is 97.1 Å². The lowest BCUT2D eigenvalue weighted by Crippen LogP contribution is -2.65. The highest BCUT2D eigenvalue weighted by Gasteiger charge is 2.47. The van der Waals surface area contributed by atoms with E-state index in [-0.39, 0.29) is 12.0 Å². The summed E-state index contributed by atoms with van der Waals surface area (Å²) in [5, 5.41) is 3.08. The van der Waals surface area contributed by atoms with Crippen LogP contribution in [0.15, 0.2) is 104 Å². The van der Waals surface area contributed by atoms with Crippen molar-refractivity contribution in [2.24, 2.45) is 0 Å². The van der Waals surface area contributed by atoms with Gasteiger partial charge >= 0.3 is 0 Å². The van der Waals surface area contributed by atoms with Crippen LogP contribution in [0.5, 0.6) is 0 Å². The van der Waals surface area contributed by atoms with Crippen LogP contribution in [0.25, 0.3) is 0 Å². The monoisotopic (exact) mass is 515 g/mol. The van der Waals surface area contributed by atoms with E-state index >= 15 is 0 Å². The van der Waals surface area contributed by atoms with Gasteiger partial charge in [0.25, 0.3) is 0 Å². The molecule has 0 spiro atoms. The Balaban J connectivity index is 1.58. The molecule has 4 rings (SSSR count). The summed E-state index contributed by atoms with van der Waals surface area (Å²) in [4.78, 5) is 12.3. The maximum atomic E-state index is 12.3. The summed E-state index contributed by atoms with van der Waals surface area (Å²) in [6.45, 7) is 6.96. The molecule has 200 valence electrons. The molecule has 0 bridgehead atoms. The molecule has 1 N–H and O–H groups in total. The van der Waals surface area contributed by atoms with Crippen molar-refractivity contribution < 1.29 is 23.7 Å². The van der Waals surface area contributed by atoms with Gasteiger partial charge in [-0.05, 0) is 23.1 Å². The third kappa shape index (κ3) is 8.10. The number of amides is 1. The summed E-state index contributed by atoms with van der Waals surface area (Å²) in [7, 11) is 0. The van der Waals surface area contributed by atoms with E-state index in [1.165, 1.54) is 6.92 Å². The van der Waals surface area contributed by atoms with Gasteiger partial charge in [0.1, 0.15) is 18.3 Å². The standard InChI is InChI=1S/C32H37NO5/c1-3-13-28-30(33-24(2)34)32(37-22-27-18-11-6-12-19-27)31(36-21-26-16-9-5-10-17-26)29(38-28)23-35-20-25-14-7-4-8-15-25/h3-12,14-19,28-32H,1,13,20-23H2,2H3,(H,33,34)/t28-,29-,30+,31-,32-/m1/s1. The minimum Gasteiger partial charge on any atom is -0.374 e. The topological polar surface area (TPSA) is 66.0 Å². The number of rotatable bonds is 13. The van der Waals surface area contributed by atoms with Crippen LogP contribution in [0.1, 0.15) is 30.0 Å². The van der Waals surface area contributed by atoms with Crippen LogP contribution in [0.3, 0.4) is 0 Å². The molecule has 0 aromatic heterocycles. The van der Waals surface area contributed by atoms with Gasteiger partial charge in [-0.25, -0.2) is 0 Å². The van der Waals surface area contributed by atoms with E-state index in [1.807, 2.05) is 91.0 Å². The van der Waals surface area contributed by atoms with E-state index in [9.17, 15) is 4.79 Å². The first-order valence-electron chi connectivity index (χ1n) is 13.1. The van der Waals surface area contributed by atoms with Gasteiger partial charge in [-0.2, -0.15) is 0 Å². The Morgan fingerprint density at radius 2 is 1.29 bits per heavy atom. The van der Waals surface area contributed by atoms with E-state index < -0.39 is 24.4 Å². The average molecular weight is 516 g/mol. The molecule has 6 nitrogen and oxygen atoms in total. The maximum absolute atomic E-state index is 12.3. The summed E-state index contributed by atoms with van der Waals surface area (Å²) < 4.78 is 25.7. The Morgan fingerprint density at radius 3 is 1.79 bits per heavy atom. The van der Waals surface area contributed by atoms with E-state index in [1.54, 1.807) is 6.08 Å². The molecule has 1 aliphatic rings. The zero-order chi connectivity index (χ0) is 26.6. The zero-order valence-corrected chi connectivity index (χ0v) is 21.9. The Labute approximate surface area is 225 Å². The van der Waals surface area contributed by atoms with E-state index in [4.69, 9.17) is 18.9 Å². The fraction of sp³-hybridized carbons (Fsp3) is 0.344. The zero-order valence-electron chi connectivity index (χ0n) is 21.9. The van der Waals surface area contributed by atoms with Gasteiger partial charge in [0, 0.05) is 6.92 Å². The van der Waals surface area contributed by atoms with Crippen LogP contribution in [0.4, 0.5) is 0 Å². The molecule has 3 aromatic carbocycles. The fourth-order valence-corrected chi connectivity index (χ4v) is 4.73. The second-order valence-corrected chi connectivity index (χ2v) is 9.49. The van der Waals surface area contributed by atoms with Gasteiger partial charge < -0.3 is 24.3 Å². The summed E-state index contributed by atoms with van der Waals surface area (Å²) in [5.41, 5.74) is 3.17. The molecule has 0 radical (unpaired) electrons. The Bertz CT molecular complexity index is 1110. The molecule has 3 aromatic rings. The molecule has 0 unspecified atom stereocenters. The van der Waals surface area contributed by atoms with Crippen molar-refractivity contribution in [1.29, 1.82) is 0 Å². The minimum atomic E-state index is -0.479. The summed E-state index contributed by atoms with van der Waals surface area (Å²) in [6.07, 6.45) is 0.675. The van der Waals surface area contributed by atoms with Crippen LogP contribution in [0, 0.1) is 0 Å². The highest BCUT2D eigenvalue weighted by atomic mass is 16.6. The highest BCUT2D eigenvalue weighted by molar-refractivity contribution is 5.73. The summed E-state index contributed by atoms with van der Waals surface area (Å²) >= 11 is 0. The Morgan fingerprint density at radius 1 is 0.789 bits per heavy atom. The molecule has 0 saturated carbocycles. The molecule has 6 heteroatoms. The van der Waals surface area contributed by atoms with Gasteiger partial charge in [-0.15, -0.1) is 6.58 Å². The lowest BCUT2D eigenvalue weighted by atomic mass is 9.90. The van der Waals surface area contributed by atoms with E-state index in [0.29, 0.717) is 32.8 Å². The molecule has 0 aliphatic carbocycles. The number of carbonyl (C=O) groups is 1. The molecule has 1 amide bonds. The van der Waals surface area contributed by atoms with Gasteiger partial charge in [0.15, 0.2) is 0 Å². The van der Waals surface area contributed by atoms with Gasteiger partial charge in [0.05, 0.1) is 38.6 Å². The average Bonchev–Trinajstić information content (AvgIpc) is 2.94. The predicted molar refractivity (Wildman–Crippen MR) is 147 cm³/mol. The third-order valence-corrected chi connectivity index (χ3v) is 6.53. The molecule has 38 heavy (non-hydrogen) atoms. The van der Waals surface area contributed by atoms with E-state index in [2.05, 4.69) is 11.9 Å². The first-order valence-corrected chi connectivity index (χ1v) is 13.1. The minimum absolute atomic E-state index is 0.151. The normalized spacial score (nSPS) is 23.0. The molecule has 1 saturated heterocycles. The number of carbonyl (C=O) groups excluding carboxylic acids is 1. The van der Waals surface area contributed by atoms with Crippen LogP contribution in [0.2, 0.25) is 0 Å². The maximum Gasteiger partial charge on any atom is 0.217 e. The molecular weight excluding hydrogens is 478 g/mol. The van der Waals surface area contributed by atoms with E-state index in [0.717, 1.165) is 16.7 Å². The van der Waals surface area contributed by atoms with Gasteiger partial charge in [0.2, 0.25) is 5.91 Å². The highest BCUT2D eigenvalue weighted by Crippen LogP contribution is 2.30. The van der Waals surface area contributed by atoms with Crippen molar-refractivity contribution >= 4 is 5.91 Å². The van der Waals surface area contributed by atoms with Crippen LogP contribution < -0.4 is 5.32 Å². The number of nitrogens with one attached hydrogen (secondary N) is 1. The smallest absolute Gasteiger partial charge is 0.217 e. The van der Waals surface area contributed by atoms with Crippen LogP contribution in [-0.4, -0.2) is 43.0 Å². The molecule has 1 fully saturated rings. The largest absolute Gasteiger partial charge is 0.374 e. The molecular formula is C32H37NO5. The lowest BCUT2D eigenvalue weighted by Gasteiger charge is -2.46. The van der Waals surface area contributed by atoms with Gasteiger partial charge in [-0.3, -0.25) is 4.79 Å². The van der Waals surface area contributed by atoms with Crippen molar-refractivity contribution in [3.63, 3.8) is 0 Å².